The van der Waals surface area contributed by atoms with E-state index in [9.17, 15) is 13.2 Å². The van der Waals surface area contributed by atoms with Crippen LogP contribution in [0.3, 0.4) is 0 Å². The van der Waals surface area contributed by atoms with Gasteiger partial charge < -0.3 is 14.4 Å². The molecular weight excluding hydrogens is 356 g/mol. The molecule has 2 rings (SSSR count). The number of ether oxygens (including phenoxy) is 2. The molecule has 1 aromatic carbocycles. The molecule has 0 saturated carbocycles. The van der Waals surface area contributed by atoms with E-state index in [1.54, 1.807) is 18.2 Å². The standard InChI is InChI=1S/C18H28N2O5S/c1-24-15-8-9-16(17(14-15)25-2)20(26(3,22)23)13-10-18(21)19-11-6-4-5-7-12-19/h8-9,14H,4-7,10-13H2,1-3H3. The molecule has 0 aromatic heterocycles. The highest BCUT2D eigenvalue weighted by atomic mass is 32.2. The maximum atomic E-state index is 12.5. The van der Waals surface area contributed by atoms with Gasteiger partial charge in [0.15, 0.2) is 0 Å². The van der Waals surface area contributed by atoms with Crippen LogP contribution >= 0.6 is 0 Å². The SMILES string of the molecule is COc1ccc(N(CCC(=O)N2CCCCCC2)S(C)(=O)=O)c(OC)c1. The number of methoxy groups -OCH3 is 2. The third-order valence-corrected chi connectivity index (χ3v) is 5.72. The summed E-state index contributed by atoms with van der Waals surface area (Å²) in [5, 5.41) is 0. The molecular formula is C18H28N2O5S. The highest BCUT2D eigenvalue weighted by Gasteiger charge is 2.24. The van der Waals surface area contributed by atoms with Crippen molar-refractivity contribution in [3.63, 3.8) is 0 Å². The van der Waals surface area contributed by atoms with E-state index in [2.05, 4.69) is 0 Å². The molecule has 1 saturated heterocycles. The van der Waals surface area contributed by atoms with Crippen molar-refractivity contribution in [2.24, 2.45) is 0 Å². The van der Waals surface area contributed by atoms with Crippen molar-refractivity contribution in [2.45, 2.75) is 32.1 Å². The van der Waals surface area contributed by atoms with Gasteiger partial charge in [-0.15, -0.1) is 0 Å². The molecule has 26 heavy (non-hydrogen) atoms. The van der Waals surface area contributed by atoms with Crippen LogP contribution in [0.2, 0.25) is 0 Å². The Bertz CT molecular complexity index is 712. The molecule has 0 unspecified atom stereocenters. The predicted molar refractivity (Wildman–Crippen MR) is 101 cm³/mol. The Morgan fingerprint density at radius 3 is 2.31 bits per heavy atom. The molecule has 8 heteroatoms. The zero-order valence-corrected chi connectivity index (χ0v) is 16.5. The van der Waals surface area contributed by atoms with Crippen molar-refractivity contribution >= 4 is 21.6 Å². The molecule has 1 aliphatic rings. The molecule has 0 bridgehead atoms. The number of carbonyl (C=O) groups is 1. The van der Waals surface area contributed by atoms with Crippen LogP contribution < -0.4 is 13.8 Å². The van der Waals surface area contributed by atoms with Crippen LogP contribution in [0.1, 0.15) is 32.1 Å². The Kier molecular flexibility index (Phi) is 7.14. The summed E-state index contributed by atoms with van der Waals surface area (Å²) in [6, 6.07) is 4.94. The second kappa shape index (κ2) is 9.12. The molecule has 146 valence electrons. The molecule has 1 aliphatic heterocycles. The molecule has 0 atom stereocenters. The summed E-state index contributed by atoms with van der Waals surface area (Å²) < 4.78 is 36.3. The van der Waals surface area contributed by atoms with Gasteiger partial charge in [-0.05, 0) is 25.0 Å². The Labute approximate surface area is 155 Å². The smallest absolute Gasteiger partial charge is 0.232 e. The second-order valence-electron chi connectivity index (χ2n) is 6.42. The van der Waals surface area contributed by atoms with E-state index in [0.717, 1.165) is 45.0 Å². The van der Waals surface area contributed by atoms with E-state index in [-0.39, 0.29) is 18.9 Å². The Balaban J connectivity index is 2.17. The van der Waals surface area contributed by atoms with Crippen LogP contribution in [-0.4, -0.2) is 59.3 Å². The van der Waals surface area contributed by atoms with Gasteiger partial charge >= 0.3 is 0 Å². The summed E-state index contributed by atoms with van der Waals surface area (Å²) in [5.74, 6) is 0.949. The first kappa shape index (κ1) is 20.4. The monoisotopic (exact) mass is 384 g/mol. The molecule has 1 fully saturated rings. The van der Waals surface area contributed by atoms with Crippen molar-refractivity contribution in [1.29, 1.82) is 0 Å². The van der Waals surface area contributed by atoms with Gasteiger partial charge in [0.2, 0.25) is 15.9 Å². The summed E-state index contributed by atoms with van der Waals surface area (Å²) in [6.45, 7) is 1.59. The highest BCUT2D eigenvalue weighted by molar-refractivity contribution is 7.92. The Morgan fingerprint density at radius 1 is 1.12 bits per heavy atom. The van der Waals surface area contributed by atoms with Crippen LogP contribution in [0.5, 0.6) is 11.5 Å². The van der Waals surface area contributed by atoms with Crippen molar-refractivity contribution in [3.05, 3.63) is 18.2 Å². The number of likely N-dealkylation sites (tertiary alicyclic amines) is 1. The lowest BCUT2D eigenvalue weighted by molar-refractivity contribution is -0.130. The molecule has 0 spiro atoms. The number of anilines is 1. The maximum Gasteiger partial charge on any atom is 0.232 e. The van der Waals surface area contributed by atoms with Crippen LogP contribution in [0, 0.1) is 0 Å². The quantitative estimate of drug-likeness (QED) is 0.721. The minimum atomic E-state index is -3.56. The molecule has 1 aromatic rings. The largest absolute Gasteiger partial charge is 0.497 e. The van der Waals surface area contributed by atoms with E-state index in [1.165, 1.54) is 18.5 Å². The third-order valence-electron chi connectivity index (χ3n) is 4.54. The third kappa shape index (κ3) is 5.27. The van der Waals surface area contributed by atoms with Gasteiger partial charge in [-0.1, -0.05) is 12.8 Å². The summed E-state index contributed by atoms with van der Waals surface area (Å²) in [5.41, 5.74) is 0.402. The van der Waals surface area contributed by atoms with E-state index in [1.807, 2.05) is 4.90 Å². The van der Waals surface area contributed by atoms with Crippen LogP contribution in [-0.2, 0) is 14.8 Å². The minimum Gasteiger partial charge on any atom is -0.497 e. The highest BCUT2D eigenvalue weighted by Crippen LogP contribution is 2.33. The topological polar surface area (TPSA) is 76.2 Å². The molecule has 7 nitrogen and oxygen atoms in total. The van der Waals surface area contributed by atoms with Gasteiger partial charge in [0, 0.05) is 32.1 Å². The first-order valence-corrected chi connectivity index (χ1v) is 10.7. The number of sulfonamides is 1. The normalized spacial score (nSPS) is 15.3. The summed E-state index contributed by atoms with van der Waals surface area (Å²) in [4.78, 5) is 14.4. The van der Waals surface area contributed by atoms with Crippen LogP contribution in [0.25, 0.3) is 0 Å². The second-order valence-corrected chi connectivity index (χ2v) is 8.32. The number of hydrogen-bond donors (Lipinski definition) is 0. The number of amides is 1. The molecule has 0 radical (unpaired) electrons. The zero-order valence-electron chi connectivity index (χ0n) is 15.7. The number of nitrogens with zero attached hydrogens (tertiary/aromatic N) is 2. The van der Waals surface area contributed by atoms with E-state index < -0.39 is 10.0 Å². The number of benzene rings is 1. The molecule has 1 amide bonds. The summed E-state index contributed by atoms with van der Waals surface area (Å²) in [6.07, 6.45) is 5.57. The van der Waals surface area contributed by atoms with Crippen molar-refractivity contribution in [3.8, 4) is 11.5 Å². The molecule has 1 heterocycles. The average Bonchev–Trinajstić information content (AvgIpc) is 2.90. The van der Waals surface area contributed by atoms with Crippen LogP contribution in [0.4, 0.5) is 5.69 Å². The first-order valence-electron chi connectivity index (χ1n) is 8.84. The average molecular weight is 384 g/mol. The van der Waals surface area contributed by atoms with Gasteiger partial charge in [0.05, 0.1) is 26.2 Å². The van der Waals surface area contributed by atoms with Crippen LogP contribution in [0.15, 0.2) is 18.2 Å². The van der Waals surface area contributed by atoms with Gasteiger partial charge in [0.1, 0.15) is 11.5 Å². The Hall–Kier alpha value is -1.96. The van der Waals surface area contributed by atoms with Gasteiger partial charge in [-0.25, -0.2) is 8.42 Å². The molecule has 0 aliphatic carbocycles. The van der Waals surface area contributed by atoms with Gasteiger partial charge in [0.25, 0.3) is 0 Å². The van der Waals surface area contributed by atoms with Crippen molar-refractivity contribution in [2.75, 3.05) is 44.4 Å². The lowest BCUT2D eigenvalue weighted by Crippen LogP contribution is -2.37. The zero-order chi connectivity index (χ0) is 19.2. The van der Waals surface area contributed by atoms with Gasteiger partial charge in [-0.2, -0.15) is 0 Å². The maximum absolute atomic E-state index is 12.5. The number of carbonyl (C=O) groups excluding carboxylic acids is 1. The molecule has 0 N–H and O–H groups in total. The fraction of sp³-hybridized carbons (Fsp3) is 0.611. The van der Waals surface area contributed by atoms with E-state index in [4.69, 9.17) is 9.47 Å². The van der Waals surface area contributed by atoms with Gasteiger partial charge in [-0.3, -0.25) is 9.10 Å². The lowest BCUT2D eigenvalue weighted by atomic mass is 10.2. The van der Waals surface area contributed by atoms with Crippen molar-refractivity contribution < 1.29 is 22.7 Å². The van der Waals surface area contributed by atoms with E-state index >= 15 is 0 Å². The number of rotatable bonds is 7. The Morgan fingerprint density at radius 2 is 1.77 bits per heavy atom. The minimum absolute atomic E-state index is 0.00646. The lowest BCUT2D eigenvalue weighted by Gasteiger charge is -2.26. The fourth-order valence-corrected chi connectivity index (χ4v) is 4.06. The summed E-state index contributed by atoms with van der Waals surface area (Å²) >= 11 is 0. The summed E-state index contributed by atoms with van der Waals surface area (Å²) in [7, 11) is -0.558. The van der Waals surface area contributed by atoms with E-state index in [0.29, 0.717) is 17.2 Å². The predicted octanol–water partition coefficient (Wildman–Crippen LogP) is 2.26. The first-order chi connectivity index (χ1) is 12.4. The number of hydrogen-bond acceptors (Lipinski definition) is 5. The fourth-order valence-electron chi connectivity index (χ4n) is 3.13. The van der Waals surface area contributed by atoms with Crippen molar-refractivity contribution in [1.82, 2.24) is 4.90 Å².